The van der Waals surface area contributed by atoms with Crippen LogP contribution in [0, 0.1) is 23.1 Å². The first-order chi connectivity index (χ1) is 10.2. The van der Waals surface area contributed by atoms with Crippen LogP contribution in [-0.4, -0.2) is 23.8 Å². The van der Waals surface area contributed by atoms with Gasteiger partial charge < -0.3 is 10.1 Å². The lowest BCUT2D eigenvalue weighted by atomic mass is 9.90. The van der Waals surface area contributed by atoms with Crippen LogP contribution in [0.4, 0.5) is 4.39 Å². The van der Waals surface area contributed by atoms with Crippen molar-refractivity contribution in [3.05, 3.63) is 29.6 Å². The van der Waals surface area contributed by atoms with Gasteiger partial charge in [0.25, 0.3) is 5.91 Å². The predicted octanol–water partition coefficient (Wildman–Crippen LogP) is 2.46. The van der Waals surface area contributed by atoms with Crippen molar-refractivity contribution in [3.63, 3.8) is 0 Å². The van der Waals surface area contributed by atoms with Gasteiger partial charge in [0.05, 0.1) is 11.6 Å². The number of nitriles is 1. The van der Waals surface area contributed by atoms with Gasteiger partial charge >= 0.3 is 0 Å². The van der Waals surface area contributed by atoms with Gasteiger partial charge in [0.1, 0.15) is 17.1 Å². The lowest BCUT2D eigenvalue weighted by molar-refractivity contribution is -0.124. The molecule has 0 saturated heterocycles. The zero-order chi connectivity index (χ0) is 16.9. The number of Topliss-reactive ketones (excluding diaryl/α,β-unsaturated/α-hetero) is 1. The molecule has 1 amide bonds. The molecular weight excluding hydrogens is 287 g/mol. The van der Waals surface area contributed by atoms with Crippen molar-refractivity contribution in [2.24, 2.45) is 5.92 Å². The molecule has 6 heteroatoms. The highest BCUT2D eigenvalue weighted by Gasteiger charge is 2.30. The van der Waals surface area contributed by atoms with Crippen molar-refractivity contribution in [3.8, 4) is 11.8 Å². The molecule has 5 nitrogen and oxygen atoms in total. The number of halogens is 1. The molecule has 0 spiro atoms. The summed E-state index contributed by atoms with van der Waals surface area (Å²) in [5.74, 6) is -1.36. The Morgan fingerprint density at radius 3 is 2.59 bits per heavy atom. The minimum atomic E-state index is -1.01. The number of nitrogens with one attached hydrogen (secondary N) is 1. The van der Waals surface area contributed by atoms with E-state index in [0.29, 0.717) is 0 Å². The maximum atomic E-state index is 13.1. The molecule has 118 valence electrons. The first-order valence-corrected chi connectivity index (χ1v) is 6.85. The SMILES string of the molecule is CC(=O)c1cc(F)ccc1OCC(=O)NC(C)(C#N)C(C)C. The van der Waals surface area contributed by atoms with Gasteiger partial charge in [-0.25, -0.2) is 4.39 Å². The van der Waals surface area contributed by atoms with Crippen LogP contribution in [0.15, 0.2) is 18.2 Å². The number of benzene rings is 1. The molecule has 0 aromatic heterocycles. The number of rotatable bonds is 6. The fourth-order valence-electron chi connectivity index (χ4n) is 1.67. The summed E-state index contributed by atoms with van der Waals surface area (Å²) in [6.07, 6.45) is 0. The number of carbonyl (C=O) groups is 2. The van der Waals surface area contributed by atoms with Crippen molar-refractivity contribution in [2.45, 2.75) is 33.2 Å². The van der Waals surface area contributed by atoms with Crippen LogP contribution >= 0.6 is 0 Å². The molecule has 1 N–H and O–H groups in total. The summed E-state index contributed by atoms with van der Waals surface area (Å²) in [6, 6.07) is 5.55. The van der Waals surface area contributed by atoms with Crippen LogP contribution in [0.25, 0.3) is 0 Å². The maximum Gasteiger partial charge on any atom is 0.259 e. The van der Waals surface area contributed by atoms with E-state index in [-0.39, 0.29) is 29.6 Å². The molecule has 1 rings (SSSR count). The third-order valence-electron chi connectivity index (χ3n) is 3.47. The number of amides is 1. The number of ketones is 1. The summed E-state index contributed by atoms with van der Waals surface area (Å²) < 4.78 is 18.4. The van der Waals surface area contributed by atoms with Crippen LogP contribution in [0.5, 0.6) is 5.75 Å². The van der Waals surface area contributed by atoms with Gasteiger partial charge in [-0.1, -0.05) is 13.8 Å². The first kappa shape index (κ1) is 17.6. The van der Waals surface area contributed by atoms with Gasteiger partial charge in [0, 0.05) is 0 Å². The van der Waals surface area contributed by atoms with Crippen molar-refractivity contribution in [1.29, 1.82) is 5.26 Å². The van der Waals surface area contributed by atoms with Crippen LogP contribution in [-0.2, 0) is 4.79 Å². The molecule has 0 aliphatic carbocycles. The zero-order valence-corrected chi connectivity index (χ0v) is 13.1. The van der Waals surface area contributed by atoms with E-state index in [0.717, 1.165) is 12.1 Å². The van der Waals surface area contributed by atoms with Gasteiger partial charge in [0.2, 0.25) is 0 Å². The summed E-state index contributed by atoms with van der Waals surface area (Å²) in [5, 5.41) is 11.7. The van der Waals surface area contributed by atoms with Crippen LogP contribution < -0.4 is 10.1 Å². The highest BCUT2D eigenvalue weighted by molar-refractivity contribution is 5.96. The minimum absolute atomic E-state index is 0.0692. The van der Waals surface area contributed by atoms with E-state index in [9.17, 15) is 14.0 Å². The van der Waals surface area contributed by atoms with E-state index in [1.807, 2.05) is 13.8 Å². The summed E-state index contributed by atoms with van der Waals surface area (Å²) in [6.45, 7) is 6.17. The second-order valence-corrected chi connectivity index (χ2v) is 5.50. The molecule has 22 heavy (non-hydrogen) atoms. The lowest BCUT2D eigenvalue weighted by Gasteiger charge is -2.27. The number of carbonyl (C=O) groups excluding carboxylic acids is 2. The summed E-state index contributed by atoms with van der Waals surface area (Å²) in [4.78, 5) is 23.3. The van der Waals surface area contributed by atoms with Crippen LogP contribution in [0.2, 0.25) is 0 Å². The van der Waals surface area contributed by atoms with Gasteiger partial charge in [-0.05, 0) is 38.0 Å². The highest BCUT2D eigenvalue weighted by Crippen LogP contribution is 2.20. The Morgan fingerprint density at radius 1 is 1.45 bits per heavy atom. The molecule has 0 saturated carbocycles. The van der Waals surface area contributed by atoms with Crippen molar-refractivity contribution in [2.75, 3.05) is 6.61 Å². The molecule has 0 bridgehead atoms. The normalized spacial score (nSPS) is 13.1. The van der Waals surface area contributed by atoms with Crippen molar-refractivity contribution in [1.82, 2.24) is 5.32 Å². The first-order valence-electron chi connectivity index (χ1n) is 6.85. The smallest absolute Gasteiger partial charge is 0.259 e. The number of hydrogen-bond donors (Lipinski definition) is 1. The molecule has 0 aliphatic rings. The summed E-state index contributed by atoms with van der Waals surface area (Å²) >= 11 is 0. The Morgan fingerprint density at radius 2 is 2.09 bits per heavy atom. The Kier molecular flexibility index (Phi) is 5.63. The maximum absolute atomic E-state index is 13.1. The van der Waals surface area contributed by atoms with Gasteiger partial charge in [-0.3, -0.25) is 9.59 Å². The topological polar surface area (TPSA) is 79.2 Å². The van der Waals surface area contributed by atoms with E-state index < -0.39 is 17.3 Å². The molecule has 1 atom stereocenters. The summed E-state index contributed by atoms with van der Waals surface area (Å²) in [7, 11) is 0. The number of nitrogens with zero attached hydrogens (tertiary/aromatic N) is 1. The van der Waals surface area contributed by atoms with Crippen molar-refractivity contribution < 1.29 is 18.7 Å². The molecular formula is C16H19FN2O3. The monoisotopic (exact) mass is 306 g/mol. The predicted molar refractivity (Wildman–Crippen MR) is 78.9 cm³/mol. The third-order valence-corrected chi connectivity index (χ3v) is 3.47. The Bertz CT molecular complexity index is 622. The second kappa shape index (κ2) is 7.03. The lowest BCUT2D eigenvalue weighted by Crippen LogP contribution is -2.50. The van der Waals surface area contributed by atoms with E-state index in [2.05, 4.69) is 11.4 Å². The standard InChI is InChI=1S/C16H19FN2O3/c1-10(2)16(4,9-18)19-15(21)8-22-14-6-5-12(17)7-13(14)11(3)20/h5-7,10H,8H2,1-4H3,(H,19,21). The number of hydrogen-bond acceptors (Lipinski definition) is 4. The van der Waals surface area contributed by atoms with Crippen LogP contribution in [0.1, 0.15) is 38.1 Å². The Balaban J connectivity index is 2.77. The van der Waals surface area contributed by atoms with Gasteiger partial charge in [-0.2, -0.15) is 5.26 Å². The second-order valence-electron chi connectivity index (χ2n) is 5.50. The van der Waals surface area contributed by atoms with Gasteiger partial charge in [0.15, 0.2) is 12.4 Å². The molecule has 1 aromatic rings. The quantitative estimate of drug-likeness (QED) is 0.819. The molecule has 1 unspecified atom stereocenters. The zero-order valence-electron chi connectivity index (χ0n) is 13.1. The number of ether oxygens (including phenoxy) is 1. The fraction of sp³-hybridized carbons (Fsp3) is 0.438. The molecule has 0 fully saturated rings. The van der Waals surface area contributed by atoms with Gasteiger partial charge in [-0.15, -0.1) is 0 Å². The van der Waals surface area contributed by atoms with E-state index in [1.54, 1.807) is 6.92 Å². The highest BCUT2D eigenvalue weighted by atomic mass is 19.1. The Hall–Kier alpha value is -2.42. The van der Waals surface area contributed by atoms with E-state index >= 15 is 0 Å². The molecule has 1 aromatic carbocycles. The van der Waals surface area contributed by atoms with Crippen molar-refractivity contribution >= 4 is 11.7 Å². The fourth-order valence-corrected chi connectivity index (χ4v) is 1.67. The summed E-state index contributed by atoms with van der Waals surface area (Å²) in [5.41, 5.74) is -0.938. The minimum Gasteiger partial charge on any atom is -0.483 e. The molecule has 0 heterocycles. The Labute approximate surface area is 129 Å². The average Bonchev–Trinajstić information content (AvgIpc) is 2.45. The average molecular weight is 306 g/mol. The van der Waals surface area contributed by atoms with Crippen LogP contribution in [0.3, 0.4) is 0 Å². The third kappa shape index (κ3) is 4.29. The van der Waals surface area contributed by atoms with E-state index in [4.69, 9.17) is 10.00 Å². The molecule has 0 radical (unpaired) electrons. The largest absolute Gasteiger partial charge is 0.483 e. The van der Waals surface area contributed by atoms with E-state index in [1.165, 1.54) is 13.0 Å². The molecule has 0 aliphatic heterocycles.